The van der Waals surface area contributed by atoms with Crippen LogP contribution in [0.1, 0.15) is 28.7 Å². The lowest BCUT2D eigenvalue weighted by Crippen LogP contribution is -2.29. The Morgan fingerprint density at radius 2 is 1.78 bits per heavy atom. The molecule has 5 heteroatoms. The van der Waals surface area contributed by atoms with E-state index in [1.54, 1.807) is 0 Å². The molecule has 0 amide bonds. The molecule has 0 bridgehead atoms. The first-order chi connectivity index (χ1) is 13.1. The van der Waals surface area contributed by atoms with E-state index in [4.69, 9.17) is 9.84 Å². The Balaban J connectivity index is 1.35. The van der Waals surface area contributed by atoms with E-state index in [0.29, 0.717) is 19.6 Å². The summed E-state index contributed by atoms with van der Waals surface area (Å²) in [4.78, 5) is 10.9. The van der Waals surface area contributed by atoms with Gasteiger partial charge in [0.2, 0.25) is 0 Å². The van der Waals surface area contributed by atoms with Gasteiger partial charge in [-0.3, -0.25) is 4.79 Å². The van der Waals surface area contributed by atoms with E-state index in [1.165, 1.54) is 16.7 Å². The molecule has 27 heavy (non-hydrogen) atoms. The highest BCUT2D eigenvalue weighted by atomic mass is 32.2. The number of hydrogen-bond donors (Lipinski definition) is 2. The number of ether oxygens (including phenoxy) is 1. The summed E-state index contributed by atoms with van der Waals surface area (Å²) in [7, 11) is 0. The minimum atomic E-state index is -0.800. The minimum absolute atomic E-state index is 0.0241. The fourth-order valence-electron chi connectivity index (χ4n) is 3.10. The monoisotopic (exact) mass is 385 g/mol. The minimum Gasteiger partial charge on any atom is -0.480 e. The number of benzene rings is 2. The van der Waals surface area contributed by atoms with Crippen molar-refractivity contribution >= 4 is 17.7 Å². The van der Waals surface area contributed by atoms with Crippen LogP contribution in [0.3, 0.4) is 0 Å². The molecule has 0 spiro atoms. The normalized spacial score (nSPS) is 19.3. The van der Waals surface area contributed by atoms with Crippen molar-refractivity contribution in [1.82, 2.24) is 5.32 Å². The summed E-state index contributed by atoms with van der Waals surface area (Å²) in [6.45, 7) is 3.25. The van der Waals surface area contributed by atoms with Gasteiger partial charge in [-0.1, -0.05) is 54.1 Å². The predicted molar refractivity (Wildman–Crippen MR) is 110 cm³/mol. The summed E-state index contributed by atoms with van der Waals surface area (Å²) in [5.41, 5.74) is 5.15. The Hall–Kier alpha value is -1.82. The van der Waals surface area contributed by atoms with Crippen LogP contribution >= 0.6 is 11.8 Å². The quantitative estimate of drug-likeness (QED) is 0.643. The number of carbonyl (C=O) groups is 1. The van der Waals surface area contributed by atoms with Crippen LogP contribution in [-0.2, 0) is 28.3 Å². The maximum absolute atomic E-state index is 10.9. The van der Waals surface area contributed by atoms with E-state index in [2.05, 4.69) is 60.8 Å². The molecule has 2 atom stereocenters. The number of hydrogen-bond acceptors (Lipinski definition) is 4. The molecule has 4 nitrogen and oxygen atoms in total. The van der Waals surface area contributed by atoms with Crippen molar-refractivity contribution in [3.05, 3.63) is 70.8 Å². The van der Waals surface area contributed by atoms with Gasteiger partial charge in [0.05, 0.1) is 12.7 Å². The van der Waals surface area contributed by atoms with Crippen molar-refractivity contribution in [2.45, 2.75) is 44.3 Å². The molecule has 2 N–H and O–H groups in total. The van der Waals surface area contributed by atoms with Crippen molar-refractivity contribution < 1.29 is 14.6 Å². The highest BCUT2D eigenvalue weighted by Crippen LogP contribution is 2.17. The van der Waals surface area contributed by atoms with Crippen molar-refractivity contribution in [2.24, 2.45) is 0 Å². The van der Waals surface area contributed by atoms with Crippen molar-refractivity contribution in [2.75, 3.05) is 12.3 Å². The number of nitrogens with one attached hydrogen (secondary N) is 1. The molecule has 2 aromatic carbocycles. The van der Waals surface area contributed by atoms with Crippen LogP contribution in [0.5, 0.6) is 0 Å². The van der Waals surface area contributed by atoms with Gasteiger partial charge in [0.15, 0.2) is 0 Å². The average Bonchev–Trinajstić information content (AvgIpc) is 3.15. The highest BCUT2D eigenvalue weighted by Gasteiger charge is 2.29. The van der Waals surface area contributed by atoms with E-state index in [0.717, 1.165) is 23.5 Å². The Bertz CT molecular complexity index is 730. The molecular weight excluding hydrogens is 358 g/mol. The third kappa shape index (κ3) is 6.38. The molecule has 2 aromatic rings. The molecule has 1 aliphatic rings. The van der Waals surface area contributed by atoms with Crippen molar-refractivity contribution in [1.29, 1.82) is 0 Å². The topological polar surface area (TPSA) is 58.6 Å². The smallest absolute Gasteiger partial charge is 0.320 e. The molecule has 0 saturated carbocycles. The third-order valence-corrected chi connectivity index (χ3v) is 5.85. The molecule has 144 valence electrons. The summed E-state index contributed by atoms with van der Waals surface area (Å²) >= 11 is 1.96. The lowest BCUT2D eigenvalue weighted by molar-refractivity contribution is -0.139. The van der Waals surface area contributed by atoms with Gasteiger partial charge in [0, 0.05) is 18.7 Å². The van der Waals surface area contributed by atoms with E-state index in [9.17, 15) is 4.79 Å². The number of aliphatic carboxylic acids is 1. The van der Waals surface area contributed by atoms with Gasteiger partial charge in [-0.2, -0.15) is 11.8 Å². The van der Waals surface area contributed by atoms with Crippen LogP contribution in [0.4, 0.5) is 0 Å². The number of carboxylic acids is 1. The van der Waals surface area contributed by atoms with Crippen molar-refractivity contribution in [3.63, 3.8) is 0 Å². The second-order valence-corrected chi connectivity index (χ2v) is 8.18. The fraction of sp³-hybridized carbons (Fsp3) is 0.409. The zero-order valence-corrected chi connectivity index (χ0v) is 16.5. The molecule has 0 aliphatic carbocycles. The summed E-state index contributed by atoms with van der Waals surface area (Å²) < 4.78 is 5.84. The third-order valence-electron chi connectivity index (χ3n) is 4.82. The number of carboxylic acid groups (broad SMARTS) is 1. The van der Waals surface area contributed by atoms with Crippen LogP contribution < -0.4 is 5.32 Å². The lowest BCUT2D eigenvalue weighted by Gasteiger charge is -2.11. The lowest BCUT2D eigenvalue weighted by atomic mass is 10.1. The first-order valence-electron chi connectivity index (χ1n) is 9.39. The van der Waals surface area contributed by atoms with Gasteiger partial charge >= 0.3 is 5.97 Å². The summed E-state index contributed by atoms with van der Waals surface area (Å²) in [5, 5.41) is 12.0. The molecule has 1 aliphatic heterocycles. The standard InChI is InChI=1S/C22H27NO3S/c1-16-2-4-19(5-3-16)15-27-11-10-17-6-8-18(9-7-17)14-26-20-12-21(22(24)25)23-13-20/h2-9,20-21,23H,10-15H2,1H3,(H,24,25)/t20-,21+/m1/s1. The summed E-state index contributed by atoms with van der Waals surface area (Å²) in [5.74, 6) is 1.36. The average molecular weight is 386 g/mol. The first-order valence-corrected chi connectivity index (χ1v) is 10.5. The van der Waals surface area contributed by atoms with Crippen molar-refractivity contribution in [3.8, 4) is 0 Å². The van der Waals surface area contributed by atoms with Gasteiger partial charge in [-0.05, 0) is 35.8 Å². The molecule has 0 unspecified atom stereocenters. The molecule has 1 heterocycles. The maximum Gasteiger partial charge on any atom is 0.320 e. The Morgan fingerprint density at radius 3 is 2.44 bits per heavy atom. The molecule has 3 rings (SSSR count). The second-order valence-electron chi connectivity index (χ2n) is 7.07. The van der Waals surface area contributed by atoms with E-state index in [1.807, 2.05) is 11.8 Å². The molecule has 1 saturated heterocycles. The Morgan fingerprint density at radius 1 is 1.11 bits per heavy atom. The predicted octanol–water partition coefficient (Wildman–Crippen LogP) is 3.80. The number of rotatable bonds is 9. The van der Waals surface area contributed by atoms with Crippen LogP contribution in [0, 0.1) is 6.92 Å². The maximum atomic E-state index is 10.9. The second kappa shape index (κ2) is 9.93. The van der Waals surface area contributed by atoms with Crippen LogP contribution in [0.15, 0.2) is 48.5 Å². The van der Waals surface area contributed by atoms with Crippen LogP contribution in [0.2, 0.25) is 0 Å². The SMILES string of the molecule is Cc1ccc(CSCCc2ccc(CO[C@H]3CN[C@H](C(=O)O)C3)cc2)cc1. The van der Waals surface area contributed by atoms with Gasteiger partial charge in [-0.25, -0.2) is 0 Å². The van der Waals surface area contributed by atoms with Crippen LogP contribution in [0.25, 0.3) is 0 Å². The Labute approximate surface area is 165 Å². The molecule has 1 fully saturated rings. The summed E-state index contributed by atoms with van der Waals surface area (Å²) in [6, 6.07) is 16.8. The number of aryl methyl sites for hydroxylation is 2. The number of thioether (sulfide) groups is 1. The molecule has 0 radical (unpaired) electrons. The fourth-order valence-corrected chi connectivity index (χ4v) is 4.05. The first kappa shape index (κ1) is 19.9. The highest BCUT2D eigenvalue weighted by molar-refractivity contribution is 7.98. The van der Waals surface area contributed by atoms with Gasteiger partial charge < -0.3 is 15.2 Å². The zero-order valence-electron chi connectivity index (χ0n) is 15.7. The van der Waals surface area contributed by atoms with Crippen LogP contribution in [-0.4, -0.2) is 35.5 Å². The molecule has 0 aromatic heterocycles. The van der Waals surface area contributed by atoms with Gasteiger partial charge in [0.1, 0.15) is 6.04 Å². The zero-order chi connectivity index (χ0) is 19.1. The van der Waals surface area contributed by atoms with Gasteiger partial charge in [-0.15, -0.1) is 0 Å². The van der Waals surface area contributed by atoms with Gasteiger partial charge in [0.25, 0.3) is 0 Å². The largest absolute Gasteiger partial charge is 0.480 e. The Kier molecular flexibility index (Phi) is 7.33. The molecular formula is C22H27NO3S. The van der Waals surface area contributed by atoms with E-state index in [-0.39, 0.29) is 6.10 Å². The summed E-state index contributed by atoms with van der Waals surface area (Å²) in [6.07, 6.45) is 1.57. The van der Waals surface area contributed by atoms with E-state index >= 15 is 0 Å². The van der Waals surface area contributed by atoms with E-state index < -0.39 is 12.0 Å².